The standard InChI is InChI=1S/C23H31N3O3/c1-17-6-5-7-20(12-17)24-23(27)16-26-10-8-25(9-11-26)15-19-14-22(29-4)21(28-3)13-18(19)2/h5-7,12-14H,8-11,15-16H2,1-4H3,(H,24,27). The Balaban J connectivity index is 1.50. The van der Waals surface area contributed by atoms with E-state index in [1.54, 1.807) is 14.2 Å². The molecule has 0 atom stereocenters. The lowest BCUT2D eigenvalue weighted by atomic mass is 10.1. The van der Waals surface area contributed by atoms with Crippen LogP contribution in [0.4, 0.5) is 5.69 Å². The van der Waals surface area contributed by atoms with Crippen LogP contribution in [-0.4, -0.2) is 62.7 Å². The van der Waals surface area contributed by atoms with Crippen molar-refractivity contribution in [2.24, 2.45) is 0 Å². The molecule has 0 unspecified atom stereocenters. The molecule has 1 saturated heterocycles. The zero-order chi connectivity index (χ0) is 20.8. The molecule has 1 aliphatic rings. The molecule has 0 radical (unpaired) electrons. The van der Waals surface area contributed by atoms with Gasteiger partial charge in [-0.15, -0.1) is 0 Å². The van der Waals surface area contributed by atoms with Crippen molar-refractivity contribution in [3.05, 3.63) is 53.1 Å². The van der Waals surface area contributed by atoms with Gasteiger partial charge in [0.05, 0.1) is 20.8 Å². The fourth-order valence-corrected chi connectivity index (χ4v) is 3.67. The van der Waals surface area contributed by atoms with E-state index in [-0.39, 0.29) is 5.91 Å². The van der Waals surface area contributed by atoms with Crippen molar-refractivity contribution in [3.63, 3.8) is 0 Å². The average Bonchev–Trinajstić information content (AvgIpc) is 2.70. The predicted octanol–water partition coefficient (Wildman–Crippen LogP) is 3.08. The SMILES string of the molecule is COc1cc(C)c(CN2CCN(CC(=O)Nc3cccc(C)c3)CC2)cc1OC. The van der Waals surface area contributed by atoms with Gasteiger partial charge in [-0.2, -0.15) is 0 Å². The first-order valence-electron chi connectivity index (χ1n) is 10.0. The average molecular weight is 398 g/mol. The third-order valence-electron chi connectivity index (χ3n) is 5.37. The molecule has 0 saturated carbocycles. The quantitative estimate of drug-likeness (QED) is 0.778. The van der Waals surface area contributed by atoms with E-state index in [1.165, 1.54) is 11.1 Å². The highest BCUT2D eigenvalue weighted by Gasteiger charge is 2.20. The fraction of sp³-hybridized carbons (Fsp3) is 0.435. The summed E-state index contributed by atoms with van der Waals surface area (Å²) in [6.45, 7) is 9.06. The van der Waals surface area contributed by atoms with Crippen LogP contribution < -0.4 is 14.8 Å². The molecule has 29 heavy (non-hydrogen) atoms. The Morgan fingerprint density at radius 2 is 1.62 bits per heavy atom. The minimum absolute atomic E-state index is 0.0415. The number of hydrogen-bond donors (Lipinski definition) is 1. The van der Waals surface area contributed by atoms with Gasteiger partial charge in [-0.05, 0) is 54.8 Å². The number of benzene rings is 2. The fourth-order valence-electron chi connectivity index (χ4n) is 3.67. The highest BCUT2D eigenvalue weighted by Crippen LogP contribution is 2.31. The molecule has 1 amide bonds. The maximum absolute atomic E-state index is 12.3. The van der Waals surface area contributed by atoms with E-state index in [4.69, 9.17) is 9.47 Å². The van der Waals surface area contributed by atoms with E-state index in [2.05, 4.69) is 28.1 Å². The summed E-state index contributed by atoms with van der Waals surface area (Å²) in [6.07, 6.45) is 0. The Morgan fingerprint density at radius 1 is 0.966 bits per heavy atom. The third-order valence-corrected chi connectivity index (χ3v) is 5.37. The molecule has 0 spiro atoms. The third kappa shape index (κ3) is 5.71. The van der Waals surface area contributed by atoms with Crippen LogP contribution in [0.1, 0.15) is 16.7 Å². The Labute approximate surface area is 173 Å². The van der Waals surface area contributed by atoms with E-state index in [1.807, 2.05) is 37.3 Å². The van der Waals surface area contributed by atoms with Crippen LogP contribution in [0.15, 0.2) is 36.4 Å². The van der Waals surface area contributed by atoms with Crippen LogP contribution in [0.5, 0.6) is 11.5 Å². The van der Waals surface area contributed by atoms with E-state index < -0.39 is 0 Å². The van der Waals surface area contributed by atoms with Crippen LogP contribution in [0.2, 0.25) is 0 Å². The smallest absolute Gasteiger partial charge is 0.238 e. The lowest BCUT2D eigenvalue weighted by Crippen LogP contribution is -2.48. The van der Waals surface area contributed by atoms with Crippen LogP contribution in [0.3, 0.4) is 0 Å². The minimum atomic E-state index is 0.0415. The first-order valence-corrected chi connectivity index (χ1v) is 10.0. The van der Waals surface area contributed by atoms with Crippen molar-refractivity contribution in [3.8, 4) is 11.5 Å². The lowest BCUT2D eigenvalue weighted by Gasteiger charge is -2.34. The van der Waals surface area contributed by atoms with Gasteiger partial charge in [0, 0.05) is 38.4 Å². The second-order valence-electron chi connectivity index (χ2n) is 7.60. The van der Waals surface area contributed by atoms with Gasteiger partial charge in [0.15, 0.2) is 11.5 Å². The largest absolute Gasteiger partial charge is 0.493 e. The number of amides is 1. The number of methoxy groups -OCH3 is 2. The van der Waals surface area contributed by atoms with Gasteiger partial charge in [0.2, 0.25) is 5.91 Å². The second kappa shape index (κ2) is 9.76. The van der Waals surface area contributed by atoms with Crippen LogP contribution >= 0.6 is 0 Å². The summed E-state index contributed by atoms with van der Waals surface area (Å²) in [7, 11) is 3.32. The van der Waals surface area contributed by atoms with Crippen LogP contribution in [-0.2, 0) is 11.3 Å². The lowest BCUT2D eigenvalue weighted by molar-refractivity contribution is -0.117. The van der Waals surface area contributed by atoms with Crippen LogP contribution in [0, 0.1) is 13.8 Å². The molecular weight excluding hydrogens is 366 g/mol. The Kier molecular flexibility index (Phi) is 7.12. The molecule has 0 aliphatic carbocycles. The van der Waals surface area contributed by atoms with Crippen molar-refractivity contribution in [2.45, 2.75) is 20.4 Å². The maximum Gasteiger partial charge on any atom is 0.238 e. The molecule has 1 N–H and O–H groups in total. The summed E-state index contributed by atoms with van der Waals surface area (Å²) >= 11 is 0. The van der Waals surface area contributed by atoms with Gasteiger partial charge >= 0.3 is 0 Å². The molecule has 1 aliphatic heterocycles. The number of rotatable bonds is 7. The number of piperazine rings is 1. The summed E-state index contributed by atoms with van der Waals surface area (Å²) in [5.41, 5.74) is 4.44. The van der Waals surface area contributed by atoms with Crippen molar-refractivity contribution < 1.29 is 14.3 Å². The van der Waals surface area contributed by atoms with Gasteiger partial charge in [-0.25, -0.2) is 0 Å². The summed E-state index contributed by atoms with van der Waals surface area (Å²) in [4.78, 5) is 17.0. The van der Waals surface area contributed by atoms with E-state index in [0.29, 0.717) is 6.54 Å². The first-order chi connectivity index (χ1) is 14.0. The minimum Gasteiger partial charge on any atom is -0.493 e. The monoisotopic (exact) mass is 397 g/mol. The number of carbonyl (C=O) groups is 1. The molecule has 1 fully saturated rings. The van der Waals surface area contributed by atoms with Crippen molar-refractivity contribution in [2.75, 3.05) is 52.3 Å². The summed E-state index contributed by atoms with van der Waals surface area (Å²) in [6, 6.07) is 12.0. The second-order valence-corrected chi connectivity index (χ2v) is 7.60. The molecule has 6 heteroatoms. The molecule has 1 heterocycles. The zero-order valence-corrected chi connectivity index (χ0v) is 17.8. The number of carbonyl (C=O) groups excluding carboxylic acids is 1. The molecular formula is C23H31N3O3. The van der Waals surface area contributed by atoms with Gasteiger partial charge in [-0.3, -0.25) is 14.6 Å². The molecule has 156 valence electrons. The normalized spacial score (nSPS) is 15.2. The predicted molar refractivity (Wildman–Crippen MR) is 116 cm³/mol. The van der Waals surface area contributed by atoms with Crippen molar-refractivity contribution in [1.29, 1.82) is 0 Å². The number of nitrogens with one attached hydrogen (secondary N) is 1. The summed E-state index contributed by atoms with van der Waals surface area (Å²) in [5.74, 6) is 1.57. The number of ether oxygens (including phenoxy) is 2. The Morgan fingerprint density at radius 3 is 2.28 bits per heavy atom. The van der Waals surface area contributed by atoms with E-state index in [0.717, 1.165) is 55.5 Å². The van der Waals surface area contributed by atoms with Gasteiger partial charge in [-0.1, -0.05) is 12.1 Å². The Hall–Kier alpha value is -2.57. The molecule has 0 bridgehead atoms. The number of anilines is 1. The van der Waals surface area contributed by atoms with Gasteiger partial charge in [0.25, 0.3) is 0 Å². The molecule has 6 nitrogen and oxygen atoms in total. The molecule has 2 aromatic carbocycles. The summed E-state index contributed by atoms with van der Waals surface area (Å²) < 4.78 is 10.8. The van der Waals surface area contributed by atoms with Gasteiger partial charge in [0.1, 0.15) is 0 Å². The zero-order valence-electron chi connectivity index (χ0n) is 17.8. The first kappa shape index (κ1) is 21.1. The molecule has 0 aromatic heterocycles. The number of hydrogen-bond acceptors (Lipinski definition) is 5. The van der Waals surface area contributed by atoms with Gasteiger partial charge < -0.3 is 14.8 Å². The topological polar surface area (TPSA) is 54.0 Å². The maximum atomic E-state index is 12.3. The number of nitrogens with zero attached hydrogens (tertiary/aromatic N) is 2. The Bertz CT molecular complexity index is 845. The number of aryl methyl sites for hydroxylation is 2. The summed E-state index contributed by atoms with van der Waals surface area (Å²) in [5, 5.41) is 2.99. The van der Waals surface area contributed by atoms with E-state index in [9.17, 15) is 4.79 Å². The molecule has 3 rings (SSSR count). The van der Waals surface area contributed by atoms with Crippen molar-refractivity contribution >= 4 is 11.6 Å². The van der Waals surface area contributed by atoms with Crippen LogP contribution in [0.25, 0.3) is 0 Å². The van der Waals surface area contributed by atoms with E-state index >= 15 is 0 Å². The highest BCUT2D eigenvalue weighted by atomic mass is 16.5. The van der Waals surface area contributed by atoms with Crippen molar-refractivity contribution in [1.82, 2.24) is 9.80 Å². The molecule has 2 aromatic rings. The highest BCUT2D eigenvalue weighted by molar-refractivity contribution is 5.92.